The molecule has 0 radical (unpaired) electrons. The van der Waals surface area contributed by atoms with Crippen LogP contribution in [0, 0.1) is 0 Å². The minimum Gasteiger partial charge on any atom is -0.482 e. The van der Waals surface area contributed by atoms with Gasteiger partial charge in [0, 0.05) is 23.3 Å². The highest BCUT2D eigenvalue weighted by atomic mass is 79.9. The van der Waals surface area contributed by atoms with Crippen LogP contribution in [-0.2, 0) is 11.3 Å². The second-order valence-corrected chi connectivity index (χ2v) is 6.47. The molecule has 2 aromatic rings. The van der Waals surface area contributed by atoms with Crippen LogP contribution in [0.15, 0.2) is 41.0 Å². The van der Waals surface area contributed by atoms with Crippen molar-refractivity contribution in [3.8, 4) is 5.75 Å². The molecular weight excluding hydrogens is 376 g/mol. The number of carboxylic acid groups (broad SMARTS) is 1. The number of carboxylic acids is 1. The molecule has 0 saturated heterocycles. The Morgan fingerprint density at radius 3 is 2.75 bits per heavy atom. The molecule has 0 unspecified atom stereocenters. The van der Waals surface area contributed by atoms with E-state index in [1.807, 2.05) is 30.7 Å². The first-order chi connectivity index (χ1) is 11.4. The summed E-state index contributed by atoms with van der Waals surface area (Å²) >= 11 is 3.39. The number of ether oxygens (including phenoxy) is 1. The molecule has 24 heavy (non-hydrogen) atoms. The number of hydrogen-bond acceptors (Lipinski definition) is 3. The number of hydrogen-bond donors (Lipinski definition) is 2. The molecule has 0 aliphatic heterocycles. The molecular formula is C17H19BrN2O4. The topological polar surface area (TPSA) is 80.6 Å². The van der Waals surface area contributed by atoms with Gasteiger partial charge in [0.15, 0.2) is 6.61 Å². The van der Waals surface area contributed by atoms with Crippen molar-refractivity contribution in [2.75, 3.05) is 6.61 Å². The van der Waals surface area contributed by atoms with Gasteiger partial charge in [0.1, 0.15) is 11.4 Å². The third kappa shape index (κ3) is 4.86. The van der Waals surface area contributed by atoms with Gasteiger partial charge in [0.2, 0.25) is 0 Å². The van der Waals surface area contributed by atoms with Crippen LogP contribution in [0.2, 0.25) is 0 Å². The summed E-state index contributed by atoms with van der Waals surface area (Å²) in [7, 11) is 0. The Kier molecular flexibility index (Phi) is 6.03. The van der Waals surface area contributed by atoms with Crippen molar-refractivity contribution in [3.63, 3.8) is 0 Å². The first-order valence-electron chi connectivity index (χ1n) is 7.46. The van der Waals surface area contributed by atoms with Crippen LogP contribution in [0.5, 0.6) is 5.75 Å². The molecule has 0 aliphatic carbocycles. The molecule has 0 saturated carbocycles. The minimum atomic E-state index is -1.03. The third-order valence-electron chi connectivity index (χ3n) is 3.32. The summed E-state index contributed by atoms with van der Waals surface area (Å²) in [5.41, 5.74) is 1.41. The summed E-state index contributed by atoms with van der Waals surface area (Å²) < 4.78 is 7.88. The molecule has 1 amide bonds. The molecule has 1 aromatic carbocycles. The highest BCUT2D eigenvalue weighted by molar-refractivity contribution is 9.10. The van der Waals surface area contributed by atoms with Crippen molar-refractivity contribution >= 4 is 27.8 Å². The van der Waals surface area contributed by atoms with Crippen LogP contribution in [-0.4, -0.2) is 28.2 Å². The lowest BCUT2D eigenvalue weighted by Crippen LogP contribution is -2.25. The number of aliphatic carboxylic acids is 1. The van der Waals surface area contributed by atoms with Crippen LogP contribution in [0.25, 0.3) is 0 Å². The molecule has 7 heteroatoms. The fraction of sp³-hybridized carbons (Fsp3) is 0.294. The Balaban J connectivity index is 2.02. The predicted octanol–water partition coefficient (Wildman–Crippen LogP) is 3.22. The fourth-order valence-electron chi connectivity index (χ4n) is 2.22. The fourth-order valence-corrected chi connectivity index (χ4v) is 2.66. The van der Waals surface area contributed by atoms with E-state index in [4.69, 9.17) is 9.84 Å². The molecule has 2 N–H and O–H groups in total. The molecule has 0 fully saturated rings. The smallest absolute Gasteiger partial charge is 0.341 e. The van der Waals surface area contributed by atoms with Crippen LogP contribution in [0.4, 0.5) is 0 Å². The number of rotatable bonds is 7. The van der Waals surface area contributed by atoms with Crippen molar-refractivity contribution in [2.24, 2.45) is 0 Å². The van der Waals surface area contributed by atoms with Crippen molar-refractivity contribution in [2.45, 2.75) is 26.4 Å². The maximum absolute atomic E-state index is 12.4. The summed E-state index contributed by atoms with van der Waals surface area (Å²) in [5, 5.41) is 11.5. The Morgan fingerprint density at radius 2 is 2.08 bits per heavy atom. The van der Waals surface area contributed by atoms with Gasteiger partial charge in [0.05, 0.1) is 0 Å². The number of halogens is 1. The number of benzene rings is 1. The number of nitrogens with one attached hydrogen (secondary N) is 1. The van der Waals surface area contributed by atoms with E-state index >= 15 is 0 Å². The predicted molar refractivity (Wildman–Crippen MR) is 93.3 cm³/mol. The molecule has 1 heterocycles. The van der Waals surface area contributed by atoms with E-state index in [0.717, 1.165) is 10.0 Å². The summed E-state index contributed by atoms with van der Waals surface area (Å²) in [5.74, 6) is -0.752. The number of carbonyl (C=O) groups excluding carboxylic acids is 1. The first kappa shape index (κ1) is 18.1. The minimum absolute atomic E-state index is 0.171. The molecule has 2 rings (SSSR count). The quantitative estimate of drug-likeness (QED) is 0.755. The summed E-state index contributed by atoms with van der Waals surface area (Å²) in [4.78, 5) is 22.9. The highest BCUT2D eigenvalue weighted by Gasteiger charge is 2.14. The van der Waals surface area contributed by atoms with Gasteiger partial charge in [-0.2, -0.15) is 0 Å². The van der Waals surface area contributed by atoms with Gasteiger partial charge < -0.3 is 19.7 Å². The van der Waals surface area contributed by atoms with Crippen molar-refractivity contribution in [1.82, 2.24) is 9.88 Å². The molecule has 128 valence electrons. The van der Waals surface area contributed by atoms with Crippen molar-refractivity contribution < 1.29 is 19.4 Å². The van der Waals surface area contributed by atoms with Gasteiger partial charge in [-0.25, -0.2) is 4.79 Å². The highest BCUT2D eigenvalue weighted by Crippen LogP contribution is 2.19. The van der Waals surface area contributed by atoms with E-state index in [-0.39, 0.29) is 11.9 Å². The van der Waals surface area contributed by atoms with Gasteiger partial charge in [-0.05, 0) is 53.5 Å². The summed E-state index contributed by atoms with van der Waals surface area (Å²) in [6.07, 6.45) is 1.87. The van der Waals surface area contributed by atoms with E-state index in [1.54, 1.807) is 24.3 Å². The lowest BCUT2D eigenvalue weighted by atomic mass is 10.2. The lowest BCUT2D eigenvalue weighted by molar-refractivity contribution is -0.139. The maximum Gasteiger partial charge on any atom is 0.341 e. The van der Waals surface area contributed by atoms with Gasteiger partial charge in [-0.3, -0.25) is 4.79 Å². The van der Waals surface area contributed by atoms with Gasteiger partial charge >= 0.3 is 5.97 Å². The average Bonchev–Trinajstić information content (AvgIpc) is 2.93. The Hall–Kier alpha value is -2.28. The maximum atomic E-state index is 12.4. The number of aromatic nitrogens is 1. The lowest BCUT2D eigenvalue weighted by Gasteiger charge is -2.13. The monoisotopic (exact) mass is 394 g/mol. The van der Waals surface area contributed by atoms with E-state index in [1.165, 1.54) is 0 Å². The Morgan fingerprint density at radius 1 is 1.33 bits per heavy atom. The van der Waals surface area contributed by atoms with Crippen LogP contribution < -0.4 is 10.1 Å². The normalized spacial score (nSPS) is 10.7. The summed E-state index contributed by atoms with van der Waals surface area (Å²) in [6, 6.07) is 8.93. The van der Waals surface area contributed by atoms with Crippen LogP contribution in [0.3, 0.4) is 0 Å². The second kappa shape index (κ2) is 8.01. The van der Waals surface area contributed by atoms with Gasteiger partial charge in [-0.15, -0.1) is 0 Å². The molecule has 0 aliphatic rings. The second-order valence-electron chi connectivity index (χ2n) is 5.56. The molecule has 0 spiro atoms. The zero-order valence-corrected chi connectivity index (χ0v) is 15.0. The van der Waals surface area contributed by atoms with E-state index in [2.05, 4.69) is 21.2 Å². The molecule has 0 bridgehead atoms. The zero-order valence-electron chi connectivity index (χ0n) is 13.5. The van der Waals surface area contributed by atoms with Gasteiger partial charge in [0.25, 0.3) is 5.91 Å². The summed E-state index contributed by atoms with van der Waals surface area (Å²) in [6.45, 7) is 3.94. The van der Waals surface area contributed by atoms with E-state index in [0.29, 0.717) is 18.0 Å². The molecule has 0 atom stereocenters. The molecule has 1 aromatic heterocycles. The SMILES string of the molecule is CC(C)n1cc(Br)cc1C(=O)NCc1cccc(OCC(=O)O)c1. The first-order valence-corrected chi connectivity index (χ1v) is 8.25. The Bertz CT molecular complexity index is 740. The van der Waals surface area contributed by atoms with Crippen LogP contribution in [0.1, 0.15) is 35.9 Å². The van der Waals surface area contributed by atoms with E-state index < -0.39 is 12.6 Å². The zero-order chi connectivity index (χ0) is 17.7. The van der Waals surface area contributed by atoms with E-state index in [9.17, 15) is 9.59 Å². The van der Waals surface area contributed by atoms with Crippen molar-refractivity contribution in [3.05, 3.63) is 52.3 Å². The Labute approximate surface area is 148 Å². The largest absolute Gasteiger partial charge is 0.482 e. The number of nitrogens with zero attached hydrogens (tertiary/aromatic N) is 1. The van der Waals surface area contributed by atoms with Gasteiger partial charge in [-0.1, -0.05) is 12.1 Å². The standard InChI is InChI=1S/C17H19BrN2O4/c1-11(2)20-9-13(18)7-15(20)17(23)19-8-12-4-3-5-14(6-12)24-10-16(21)22/h3-7,9,11H,8,10H2,1-2H3,(H,19,23)(H,21,22). The van der Waals surface area contributed by atoms with Crippen LogP contribution >= 0.6 is 15.9 Å². The number of amides is 1. The number of carbonyl (C=O) groups is 2. The van der Waals surface area contributed by atoms with Crippen molar-refractivity contribution in [1.29, 1.82) is 0 Å². The average molecular weight is 395 g/mol. The molecule has 6 nitrogen and oxygen atoms in total. The third-order valence-corrected chi connectivity index (χ3v) is 3.75.